The van der Waals surface area contributed by atoms with Crippen LogP contribution in [0.3, 0.4) is 0 Å². The highest BCUT2D eigenvalue weighted by Crippen LogP contribution is 2.51. The van der Waals surface area contributed by atoms with Crippen LogP contribution in [0, 0.1) is 29.6 Å². The predicted octanol–water partition coefficient (Wildman–Crippen LogP) is 3.86. The molecule has 5 atom stereocenters. The lowest BCUT2D eigenvalue weighted by molar-refractivity contribution is 0.0904. The minimum absolute atomic E-state index is 1.05. The van der Waals surface area contributed by atoms with Crippen LogP contribution in [0.1, 0.15) is 51.9 Å². The van der Waals surface area contributed by atoms with E-state index in [4.69, 9.17) is 0 Å². The van der Waals surface area contributed by atoms with Crippen LogP contribution in [0.15, 0.2) is 0 Å². The molecule has 0 heterocycles. The fraction of sp³-hybridized carbons (Fsp3) is 1.00. The van der Waals surface area contributed by atoms with Gasteiger partial charge in [0.15, 0.2) is 0 Å². The normalized spacial score (nSPS) is 54.7. The van der Waals surface area contributed by atoms with Crippen LogP contribution in [-0.4, -0.2) is 0 Å². The molecule has 3 bridgehead atoms. The second kappa shape index (κ2) is 3.00. The van der Waals surface area contributed by atoms with Crippen LogP contribution in [0.2, 0.25) is 0 Å². The Bertz CT molecular complexity index is 196. The Morgan fingerprint density at radius 2 is 1.46 bits per heavy atom. The molecule has 0 aromatic carbocycles. The molecule has 0 N–H and O–H groups in total. The molecule has 3 aliphatic carbocycles. The summed E-state index contributed by atoms with van der Waals surface area (Å²) >= 11 is 0. The molecule has 3 fully saturated rings. The van der Waals surface area contributed by atoms with E-state index in [1.807, 2.05) is 0 Å². The number of hydrogen-bond acceptors (Lipinski definition) is 0. The summed E-state index contributed by atoms with van der Waals surface area (Å²) in [6.07, 6.45) is 11.1. The van der Waals surface area contributed by atoms with Crippen molar-refractivity contribution in [1.29, 1.82) is 0 Å². The molecule has 3 aliphatic rings. The summed E-state index contributed by atoms with van der Waals surface area (Å²) in [5.41, 5.74) is 0. The van der Waals surface area contributed by atoms with Gasteiger partial charge in [-0.15, -0.1) is 0 Å². The molecule has 5 unspecified atom stereocenters. The van der Waals surface area contributed by atoms with Crippen molar-refractivity contribution in [1.82, 2.24) is 0 Å². The number of hydrogen-bond donors (Lipinski definition) is 0. The monoisotopic (exact) mass is 178 g/mol. The zero-order valence-electron chi connectivity index (χ0n) is 8.84. The van der Waals surface area contributed by atoms with Gasteiger partial charge >= 0.3 is 0 Å². The minimum atomic E-state index is 1.05. The van der Waals surface area contributed by atoms with Gasteiger partial charge in [0.05, 0.1) is 0 Å². The van der Waals surface area contributed by atoms with E-state index >= 15 is 0 Å². The van der Waals surface area contributed by atoms with Crippen LogP contribution in [0.25, 0.3) is 0 Å². The van der Waals surface area contributed by atoms with E-state index < -0.39 is 0 Å². The molecule has 0 radical (unpaired) electrons. The summed E-state index contributed by atoms with van der Waals surface area (Å²) in [6.45, 7) is 2.51. The molecule has 0 heteroatoms. The van der Waals surface area contributed by atoms with Crippen molar-refractivity contribution in [2.75, 3.05) is 0 Å². The minimum Gasteiger partial charge on any atom is -0.0622 e. The highest BCUT2D eigenvalue weighted by Gasteiger charge is 2.41. The predicted molar refractivity (Wildman–Crippen MR) is 55.4 cm³/mol. The molecule has 3 saturated carbocycles. The van der Waals surface area contributed by atoms with Gasteiger partial charge in [-0.3, -0.25) is 0 Å². The molecule has 0 saturated heterocycles. The third-order valence-corrected chi connectivity index (χ3v) is 5.28. The molecule has 13 heavy (non-hydrogen) atoms. The molecule has 0 spiro atoms. The van der Waals surface area contributed by atoms with Gasteiger partial charge < -0.3 is 0 Å². The van der Waals surface area contributed by atoms with E-state index in [9.17, 15) is 0 Å². The molecule has 0 aromatic heterocycles. The van der Waals surface area contributed by atoms with Crippen molar-refractivity contribution in [3.63, 3.8) is 0 Å². The maximum absolute atomic E-state index is 2.51. The van der Waals surface area contributed by atoms with Crippen LogP contribution >= 0.6 is 0 Å². The van der Waals surface area contributed by atoms with Crippen molar-refractivity contribution in [3.8, 4) is 0 Å². The van der Waals surface area contributed by atoms with Gasteiger partial charge in [-0.05, 0) is 61.7 Å². The van der Waals surface area contributed by atoms with Crippen molar-refractivity contribution in [2.24, 2.45) is 29.6 Å². The molecule has 0 aromatic rings. The highest BCUT2D eigenvalue weighted by atomic mass is 14.5. The summed E-state index contributed by atoms with van der Waals surface area (Å²) in [5.74, 6) is 5.60. The van der Waals surface area contributed by atoms with Crippen molar-refractivity contribution in [3.05, 3.63) is 0 Å². The first-order valence-electron chi connectivity index (χ1n) is 6.33. The molecule has 0 nitrogen and oxygen atoms in total. The van der Waals surface area contributed by atoms with Gasteiger partial charge in [-0.1, -0.05) is 19.8 Å². The van der Waals surface area contributed by atoms with Crippen LogP contribution in [-0.2, 0) is 0 Å². The lowest BCUT2D eigenvalue weighted by atomic mass is 9.64. The van der Waals surface area contributed by atoms with Crippen molar-refractivity contribution >= 4 is 0 Å². The maximum atomic E-state index is 2.51. The topological polar surface area (TPSA) is 0 Å². The Kier molecular flexibility index (Phi) is 1.92. The summed E-state index contributed by atoms with van der Waals surface area (Å²) in [7, 11) is 0. The largest absolute Gasteiger partial charge is 0.0622 e. The first-order valence-corrected chi connectivity index (χ1v) is 6.33. The Balaban J connectivity index is 1.86. The summed E-state index contributed by atoms with van der Waals surface area (Å²) < 4.78 is 0. The average Bonchev–Trinajstić information content (AvgIpc) is 2.23. The van der Waals surface area contributed by atoms with Gasteiger partial charge in [-0.25, -0.2) is 0 Å². The fourth-order valence-electron chi connectivity index (χ4n) is 4.43. The maximum Gasteiger partial charge on any atom is -0.0380 e. The summed E-state index contributed by atoms with van der Waals surface area (Å²) in [4.78, 5) is 0. The smallest absolute Gasteiger partial charge is 0.0380 e. The molecule has 3 rings (SSSR count). The van der Waals surface area contributed by atoms with E-state index in [2.05, 4.69) is 6.92 Å². The first-order chi connectivity index (χ1) is 6.33. The zero-order chi connectivity index (χ0) is 8.84. The Morgan fingerprint density at radius 1 is 0.692 bits per heavy atom. The van der Waals surface area contributed by atoms with Gasteiger partial charge in [0, 0.05) is 0 Å². The Labute approximate surface area is 82.1 Å². The molecular weight excluding hydrogens is 156 g/mol. The van der Waals surface area contributed by atoms with Gasteiger partial charge in [0.1, 0.15) is 0 Å². The number of rotatable bonds is 0. The lowest BCUT2D eigenvalue weighted by Crippen LogP contribution is -2.31. The SMILES string of the molecule is CC1CC2CCC3CCC1CC2C3. The second-order valence-corrected chi connectivity index (χ2v) is 5.99. The third-order valence-electron chi connectivity index (χ3n) is 5.28. The van der Waals surface area contributed by atoms with Crippen LogP contribution in [0.4, 0.5) is 0 Å². The van der Waals surface area contributed by atoms with E-state index in [0.717, 1.165) is 29.6 Å². The van der Waals surface area contributed by atoms with Crippen LogP contribution < -0.4 is 0 Å². The second-order valence-electron chi connectivity index (χ2n) is 5.99. The Morgan fingerprint density at radius 3 is 2.31 bits per heavy atom. The molecule has 0 amide bonds. The average molecular weight is 178 g/mol. The first kappa shape index (κ1) is 8.32. The van der Waals surface area contributed by atoms with E-state index in [1.54, 1.807) is 44.9 Å². The van der Waals surface area contributed by atoms with Crippen molar-refractivity contribution < 1.29 is 0 Å². The lowest BCUT2D eigenvalue weighted by Gasteiger charge is -2.41. The number of fused-ring (bicyclic) bond motifs is 2. The molecule has 0 aliphatic heterocycles. The zero-order valence-corrected chi connectivity index (χ0v) is 8.84. The van der Waals surface area contributed by atoms with E-state index in [1.165, 1.54) is 0 Å². The van der Waals surface area contributed by atoms with E-state index in [0.29, 0.717) is 0 Å². The summed E-state index contributed by atoms with van der Waals surface area (Å²) in [5, 5.41) is 0. The molecular formula is C13H22. The quantitative estimate of drug-likeness (QED) is 0.528. The third kappa shape index (κ3) is 1.33. The standard InChI is InChI=1S/C13H22/c1-9-6-12-5-3-10-2-4-11(9)8-13(12)7-10/h9-13H,2-8H2,1H3. The van der Waals surface area contributed by atoms with Crippen LogP contribution in [0.5, 0.6) is 0 Å². The van der Waals surface area contributed by atoms with E-state index in [-0.39, 0.29) is 0 Å². The summed E-state index contributed by atoms with van der Waals surface area (Å²) in [6, 6.07) is 0. The van der Waals surface area contributed by atoms with Crippen molar-refractivity contribution in [2.45, 2.75) is 51.9 Å². The van der Waals surface area contributed by atoms with Gasteiger partial charge in [0.25, 0.3) is 0 Å². The Hall–Kier alpha value is 0. The highest BCUT2D eigenvalue weighted by molar-refractivity contribution is 4.91. The van der Waals surface area contributed by atoms with Gasteiger partial charge in [0.2, 0.25) is 0 Å². The fourth-order valence-corrected chi connectivity index (χ4v) is 4.43. The molecule has 74 valence electrons. The van der Waals surface area contributed by atoms with Gasteiger partial charge in [-0.2, -0.15) is 0 Å².